The van der Waals surface area contributed by atoms with Gasteiger partial charge in [0, 0.05) is 29.4 Å². The Morgan fingerprint density at radius 1 is 1.12 bits per heavy atom. The van der Waals surface area contributed by atoms with Crippen LogP contribution in [0.15, 0.2) is 53.5 Å². The Hall–Kier alpha value is -2.26. The Bertz CT molecular complexity index is 771. The molecule has 0 aliphatic heterocycles. The fourth-order valence-corrected chi connectivity index (χ4v) is 2.60. The zero-order valence-electron chi connectivity index (χ0n) is 15.8. The molecule has 0 aliphatic carbocycles. The molecule has 0 unspecified atom stereocenters. The molecule has 1 heterocycles. The van der Waals surface area contributed by atoms with E-state index in [2.05, 4.69) is 19.6 Å². The lowest BCUT2D eigenvalue weighted by Crippen LogP contribution is -2.02. The van der Waals surface area contributed by atoms with Gasteiger partial charge in [0.25, 0.3) is 0 Å². The molecule has 3 aromatic rings. The molecule has 0 fully saturated rings. The molecule has 2 aromatic carbocycles. The Morgan fingerprint density at radius 3 is 2.44 bits per heavy atom. The van der Waals surface area contributed by atoms with Crippen LogP contribution in [0, 0.1) is 0 Å². The highest BCUT2D eigenvalue weighted by atomic mass is 16.5. The van der Waals surface area contributed by atoms with Gasteiger partial charge in [-0.05, 0) is 31.5 Å². The predicted octanol–water partition coefficient (Wildman–Crippen LogP) is 6.13. The van der Waals surface area contributed by atoms with Crippen molar-refractivity contribution in [1.82, 2.24) is 0 Å². The van der Waals surface area contributed by atoms with Gasteiger partial charge in [0.2, 0.25) is 0 Å². The molecular weight excluding hydrogens is 312 g/mol. The standard InChI is InChI=1S/C17H18O3.C3H6.C2H6/c1-2-12-14(19-11-5-10-18)8-9-16-17(12)13-6-3-4-7-15(13)20-16;1-3-2;1-2/h3-4,6-9,18H,2,5,10-11H2,1H3;3H,1H2,2H3;1-2H3. The maximum atomic E-state index is 8.86. The van der Waals surface area contributed by atoms with Gasteiger partial charge in [0.1, 0.15) is 16.9 Å². The quantitative estimate of drug-likeness (QED) is 0.448. The molecule has 0 aliphatic rings. The number of ether oxygens (including phenoxy) is 1. The van der Waals surface area contributed by atoms with Crippen molar-refractivity contribution in [3.05, 3.63) is 54.6 Å². The second-order valence-corrected chi connectivity index (χ2v) is 5.20. The van der Waals surface area contributed by atoms with Crippen LogP contribution in [0.3, 0.4) is 0 Å². The number of rotatable bonds is 5. The largest absolute Gasteiger partial charge is 0.493 e. The summed E-state index contributed by atoms with van der Waals surface area (Å²) in [6.45, 7) is 12.1. The van der Waals surface area contributed by atoms with E-state index >= 15 is 0 Å². The molecule has 3 nitrogen and oxygen atoms in total. The van der Waals surface area contributed by atoms with Gasteiger partial charge < -0.3 is 14.3 Å². The van der Waals surface area contributed by atoms with Crippen molar-refractivity contribution in [2.24, 2.45) is 0 Å². The van der Waals surface area contributed by atoms with Crippen LogP contribution in [-0.2, 0) is 6.42 Å². The highest BCUT2D eigenvalue weighted by Gasteiger charge is 2.14. The summed E-state index contributed by atoms with van der Waals surface area (Å²) in [4.78, 5) is 0. The van der Waals surface area contributed by atoms with E-state index in [9.17, 15) is 0 Å². The van der Waals surface area contributed by atoms with E-state index in [1.807, 2.05) is 51.1 Å². The average molecular weight is 342 g/mol. The van der Waals surface area contributed by atoms with E-state index in [1.165, 1.54) is 5.56 Å². The van der Waals surface area contributed by atoms with Gasteiger partial charge in [-0.15, -0.1) is 6.58 Å². The monoisotopic (exact) mass is 342 g/mol. The summed E-state index contributed by atoms with van der Waals surface area (Å²) in [7, 11) is 0. The molecule has 3 heteroatoms. The average Bonchev–Trinajstić information content (AvgIpc) is 3.03. The minimum atomic E-state index is 0.151. The van der Waals surface area contributed by atoms with Gasteiger partial charge in [-0.2, -0.15) is 0 Å². The van der Waals surface area contributed by atoms with Crippen LogP contribution in [0.2, 0.25) is 0 Å². The van der Waals surface area contributed by atoms with Crippen molar-refractivity contribution >= 4 is 21.9 Å². The number of allylic oxidation sites excluding steroid dienone is 1. The summed E-state index contributed by atoms with van der Waals surface area (Å²) in [5.41, 5.74) is 2.98. The molecule has 1 N–H and O–H groups in total. The molecule has 1 aromatic heterocycles. The summed E-state index contributed by atoms with van der Waals surface area (Å²) in [6.07, 6.45) is 3.28. The first-order chi connectivity index (χ1) is 12.3. The second-order valence-electron chi connectivity index (χ2n) is 5.20. The minimum Gasteiger partial charge on any atom is -0.493 e. The van der Waals surface area contributed by atoms with Crippen LogP contribution in [0.25, 0.3) is 21.9 Å². The molecule has 0 bridgehead atoms. The van der Waals surface area contributed by atoms with Gasteiger partial charge in [-0.25, -0.2) is 0 Å². The van der Waals surface area contributed by atoms with Crippen molar-refractivity contribution in [3.63, 3.8) is 0 Å². The van der Waals surface area contributed by atoms with E-state index < -0.39 is 0 Å². The lowest BCUT2D eigenvalue weighted by Gasteiger charge is -2.10. The molecule has 136 valence electrons. The van der Waals surface area contributed by atoms with Crippen LogP contribution in [0.5, 0.6) is 5.75 Å². The highest BCUT2D eigenvalue weighted by molar-refractivity contribution is 6.07. The Morgan fingerprint density at radius 2 is 1.80 bits per heavy atom. The van der Waals surface area contributed by atoms with Crippen molar-refractivity contribution in [1.29, 1.82) is 0 Å². The van der Waals surface area contributed by atoms with Crippen LogP contribution in [0.1, 0.15) is 39.7 Å². The third kappa shape index (κ3) is 5.10. The van der Waals surface area contributed by atoms with Gasteiger partial charge in [-0.3, -0.25) is 0 Å². The van der Waals surface area contributed by atoms with Crippen molar-refractivity contribution in [3.8, 4) is 5.75 Å². The molecule has 0 radical (unpaired) electrons. The van der Waals surface area contributed by atoms with Crippen molar-refractivity contribution in [2.45, 2.75) is 40.5 Å². The SMILES string of the molecule is C=CC.CC.CCc1c(OCCCO)ccc2oc3ccccc3c12. The van der Waals surface area contributed by atoms with E-state index in [1.54, 1.807) is 6.08 Å². The summed E-state index contributed by atoms with van der Waals surface area (Å²) in [6, 6.07) is 12.0. The molecule has 25 heavy (non-hydrogen) atoms. The number of fused-ring (bicyclic) bond motifs is 3. The maximum absolute atomic E-state index is 8.86. The van der Waals surface area contributed by atoms with Gasteiger partial charge in [0.05, 0.1) is 6.61 Å². The van der Waals surface area contributed by atoms with Crippen molar-refractivity contribution < 1.29 is 14.3 Å². The lowest BCUT2D eigenvalue weighted by atomic mass is 10.0. The normalized spacial score (nSPS) is 9.80. The van der Waals surface area contributed by atoms with E-state index in [-0.39, 0.29) is 6.61 Å². The first-order valence-electron chi connectivity index (χ1n) is 9.00. The zero-order valence-corrected chi connectivity index (χ0v) is 15.8. The lowest BCUT2D eigenvalue weighted by molar-refractivity contribution is 0.233. The first kappa shape index (κ1) is 20.8. The number of furan rings is 1. The molecular formula is C22H30O3. The number of aliphatic hydroxyl groups is 1. The summed E-state index contributed by atoms with van der Waals surface area (Å²) in [5.74, 6) is 0.889. The molecule has 0 saturated carbocycles. The number of hydrogen-bond donors (Lipinski definition) is 1. The van der Waals surface area contributed by atoms with Crippen molar-refractivity contribution in [2.75, 3.05) is 13.2 Å². The topological polar surface area (TPSA) is 42.6 Å². The Kier molecular flexibility index (Phi) is 9.41. The Labute approximate surface area is 150 Å². The molecule has 0 spiro atoms. The minimum absolute atomic E-state index is 0.151. The molecule has 0 saturated heterocycles. The summed E-state index contributed by atoms with van der Waals surface area (Å²) < 4.78 is 11.7. The third-order valence-corrected chi connectivity index (χ3v) is 3.52. The maximum Gasteiger partial charge on any atom is 0.135 e. The van der Waals surface area contributed by atoms with Crippen LogP contribution in [0.4, 0.5) is 0 Å². The van der Waals surface area contributed by atoms with E-state index in [4.69, 9.17) is 14.3 Å². The zero-order chi connectivity index (χ0) is 18.7. The first-order valence-corrected chi connectivity index (χ1v) is 9.00. The van der Waals surface area contributed by atoms with Crippen LogP contribution < -0.4 is 4.74 Å². The van der Waals surface area contributed by atoms with E-state index in [0.29, 0.717) is 13.0 Å². The number of aryl methyl sites for hydroxylation is 1. The van der Waals surface area contributed by atoms with Gasteiger partial charge in [-0.1, -0.05) is 45.0 Å². The molecule has 0 atom stereocenters. The van der Waals surface area contributed by atoms with Gasteiger partial charge >= 0.3 is 0 Å². The smallest absolute Gasteiger partial charge is 0.135 e. The summed E-state index contributed by atoms with van der Waals surface area (Å²) in [5, 5.41) is 11.1. The van der Waals surface area contributed by atoms with Gasteiger partial charge in [0.15, 0.2) is 0 Å². The number of para-hydroxylation sites is 1. The summed E-state index contributed by atoms with van der Waals surface area (Å²) >= 11 is 0. The predicted molar refractivity (Wildman–Crippen MR) is 108 cm³/mol. The number of benzene rings is 2. The second kappa shape index (κ2) is 11.3. The number of hydrogen-bond acceptors (Lipinski definition) is 3. The molecule has 3 rings (SSSR count). The van der Waals surface area contributed by atoms with Crippen LogP contribution >= 0.6 is 0 Å². The van der Waals surface area contributed by atoms with Crippen LogP contribution in [-0.4, -0.2) is 18.3 Å². The number of aliphatic hydroxyl groups excluding tert-OH is 1. The Balaban J connectivity index is 0.000000567. The fraction of sp³-hybridized carbons (Fsp3) is 0.364. The highest BCUT2D eigenvalue weighted by Crippen LogP contribution is 2.36. The third-order valence-electron chi connectivity index (χ3n) is 3.52. The molecule has 0 amide bonds. The fourth-order valence-electron chi connectivity index (χ4n) is 2.60. The van der Waals surface area contributed by atoms with E-state index in [0.717, 1.165) is 34.1 Å².